The molecule has 5 rings (SSSR count). The van der Waals surface area contributed by atoms with Crippen LogP contribution in [-0.2, 0) is 16.6 Å². The molecule has 3 heterocycles. The number of urea groups is 1. The monoisotopic (exact) mass is 652 g/mol. The van der Waals surface area contributed by atoms with E-state index in [1.807, 2.05) is 41.5 Å². The zero-order chi connectivity index (χ0) is 31.4. The van der Waals surface area contributed by atoms with Crippen molar-refractivity contribution in [3.63, 3.8) is 0 Å². The quantitative estimate of drug-likeness (QED) is 0.186. The Morgan fingerprint density at radius 2 is 1.70 bits per heavy atom. The van der Waals surface area contributed by atoms with Gasteiger partial charge >= 0.3 is 6.03 Å². The number of aromatic nitrogens is 3. The third-order valence-corrected chi connectivity index (χ3v) is 8.75. The second kappa shape index (κ2) is 13.5. The average molecular weight is 654 g/mol. The number of pyridine rings is 1. The summed E-state index contributed by atoms with van der Waals surface area (Å²) >= 11 is 14.8. The highest BCUT2D eigenvalue weighted by Gasteiger charge is 2.23. The van der Waals surface area contributed by atoms with E-state index in [9.17, 15) is 9.59 Å². The lowest BCUT2D eigenvalue weighted by Gasteiger charge is -2.15. The number of likely N-dealkylation sites (tertiary alicyclic amines) is 1. The molecule has 1 fully saturated rings. The van der Waals surface area contributed by atoms with E-state index in [1.165, 1.54) is 0 Å². The first-order chi connectivity index (χ1) is 21.0. The molecule has 2 N–H and O–H groups in total. The highest BCUT2D eigenvalue weighted by Crippen LogP contribution is 2.39. The summed E-state index contributed by atoms with van der Waals surface area (Å²) in [4.78, 5) is 33.0. The molecular formula is C32H34Cl2N6O3S. The first-order valence-electron chi connectivity index (χ1n) is 14.2. The average Bonchev–Trinajstić information content (AvgIpc) is 3.68. The Morgan fingerprint density at radius 1 is 0.977 bits per heavy atom. The number of nitrogens with one attached hydrogen (secondary N) is 2. The largest absolute Gasteiger partial charge is 0.456 e. The van der Waals surface area contributed by atoms with E-state index in [0.717, 1.165) is 42.2 Å². The van der Waals surface area contributed by atoms with Crippen molar-refractivity contribution < 1.29 is 14.3 Å². The second-order valence-corrected chi connectivity index (χ2v) is 13.1. The number of amides is 3. The summed E-state index contributed by atoms with van der Waals surface area (Å²) in [6.07, 6.45) is 5.87. The number of rotatable bonds is 8. The van der Waals surface area contributed by atoms with Gasteiger partial charge < -0.3 is 15.0 Å². The fourth-order valence-corrected chi connectivity index (χ4v) is 5.53. The first kappa shape index (κ1) is 31.7. The SMILES string of the molecule is CSc1ccc(-n2nc(C(C)(C)C)cc2NC(=O)Nc2ccc(Oc3ccnc(CC(=O)N4CCCC4)c3)c(Cl)c2Cl)cc1. The van der Waals surface area contributed by atoms with Gasteiger partial charge in [0.05, 0.1) is 34.2 Å². The lowest BCUT2D eigenvalue weighted by atomic mass is 9.92. The van der Waals surface area contributed by atoms with Crippen LogP contribution in [0.5, 0.6) is 11.5 Å². The predicted octanol–water partition coefficient (Wildman–Crippen LogP) is 8.19. The van der Waals surface area contributed by atoms with E-state index in [2.05, 4.69) is 36.4 Å². The van der Waals surface area contributed by atoms with Gasteiger partial charge in [-0.3, -0.25) is 15.1 Å². The smallest absolute Gasteiger partial charge is 0.324 e. The molecule has 1 aliphatic rings. The minimum atomic E-state index is -0.513. The standard InChI is InChI=1S/C32H34Cl2N6O3S/c1-32(2,3)26-19-27(40(38-26)21-7-9-23(44-4)10-8-21)37-31(42)36-24-11-12-25(30(34)29(24)33)43-22-13-14-35-20(17-22)18-28(41)39-15-5-6-16-39/h7-14,17,19H,5-6,15-16,18H2,1-4H3,(H2,36,37,42). The Labute approximate surface area is 271 Å². The summed E-state index contributed by atoms with van der Waals surface area (Å²) in [7, 11) is 0. The van der Waals surface area contributed by atoms with Crippen LogP contribution in [0.3, 0.4) is 0 Å². The maximum atomic E-state index is 13.1. The highest BCUT2D eigenvalue weighted by molar-refractivity contribution is 7.98. The number of thioether (sulfide) groups is 1. The van der Waals surface area contributed by atoms with Gasteiger partial charge in [0.1, 0.15) is 22.3 Å². The van der Waals surface area contributed by atoms with Crippen LogP contribution in [0.15, 0.2) is 65.7 Å². The zero-order valence-electron chi connectivity index (χ0n) is 25.0. The van der Waals surface area contributed by atoms with E-state index < -0.39 is 6.03 Å². The van der Waals surface area contributed by atoms with Crippen LogP contribution in [0.1, 0.15) is 45.0 Å². The van der Waals surface area contributed by atoms with Crippen LogP contribution in [0.25, 0.3) is 5.69 Å². The van der Waals surface area contributed by atoms with E-state index in [4.69, 9.17) is 33.0 Å². The van der Waals surface area contributed by atoms with Crippen molar-refractivity contribution >= 4 is 58.4 Å². The van der Waals surface area contributed by atoms with Gasteiger partial charge in [-0.1, -0.05) is 44.0 Å². The molecular weight excluding hydrogens is 619 g/mol. The molecule has 3 amide bonds. The van der Waals surface area contributed by atoms with Crippen LogP contribution in [0.4, 0.5) is 16.3 Å². The Hall–Kier alpha value is -3.73. The van der Waals surface area contributed by atoms with Crippen molar-refractivity contribution in [2.75, 3.05) is 30.0 Å². The molecule has 1 aliphatic heterocycles. The van der Waals surface area contributed by atoms with Crippen molar-refractivity contribution in [2.45, 2.75) is 50.3 Å². The Morgan fingerprint density at radius 3 is 2.39 bits per heavy atom. The van der Waals surface area contributed by atoms with Gasteiger partial charge in [-0.05, 0) is 61.6 Å². The molecule has 0 aliphatic carbocycles. The van der Waals surface area contributed by atoms with Gasteiger partial charge in [-0.25, -0.2) is 9.48 Å². The maximum Gasteiger partial charge on any atom is 0.324 e. The minimum Gasteiger partial charge on any atom is -0.456 e. The van der Waals surface area contributed by atoms with Crippen molar-refractivity contribution in [3.05, 3.63) is 82.2 Å². The molecule has 2 aromatic heterocycles. The van der Waals surface area contributed by atoms with Crippen LogP contribution in [0.2, 0.25) is 10.0 Å². The summed E-state index contributed by atoms with van der Waals surface area (Å²) in [5.41, 5.74) is 2.31. The number of halogens is 2. The molecule has 44 heavy (non-hydrogen) atoms. The number of ether oxygens (including phenoxy) is 1. The number of nitrogens with zero attached hydrogens (tertiary/aromatic N) is 4. The molecule has 0 saturated carbocycles. The Bertz CT molecular complexity index is 1660. The topological polar surface area (TPSA) is 101 Å². The number of benzene rings is 2. The van der Waals surface area contributed by atoms with Crippen molar-refractivity contribution in [1.82, 2.24) is 19.7 Å². The fraction of sp³-hybridized carbons (Fsp3) is 0.312. The molecule has 4 aromatic rings. The van der Waals surface area contributed by atoms with Crippen molar-refractivity contribution in [3.8, 4) is 17.2 Å². The van der Waals surface area contributed by atoms with Gasteiger partial charge in [0, 0.05) is 41.7 Å². The number of hydrogen-bond acceptors (Lipinski definition) is 6. The van der Waals surface area contributed by atoms with E-state index >= 15 is 0 Å². The van der Waals surface area contributed by atoms with Gasteiger partial charge in [0.15, 0.2) is 0 Å². The molecule has 0 bridgehead atoms. The number of carbonyl (C=O) groups is 2. The number of hydrogen-bond donors (Lipinski definition) is 2. The fourth-order valence-electron chi connectivity index (χ4n) is 4.71. The second-order valence-electron chi connectivity index (χ2n) is 11.4. The van der Waals surface area contributed by atoms with Gasteiger partial charge in [-0.15, -0.1) is 11.8 Å². The summed E-state index contributed by atoms with van der Waals surface area (Å²) in [6.45, 7) is 7.76. The normalized spacial score (nSPS) is 13.2. The van der Waals surface area contributed by atoms with Crippen molar-refractivity contribution in [2.24, 2.45) is 0 Å². The lowest BCUT2D eigenvalue weighted by Crippen LogP contribution is -2.29. The lowest BCUT2D eigenvalue weighted by molar-refractivity contribution is -0.129. The van der Waals surface area contributed by atoms with E-state index in [0.29, 0.717) is 28.7 Å². The van der Waals surface area contributed by atoms with Gasteiger partial charge in [-0.2, -0.15) is 5.10 Å². The maximum absolute atomic E-state index is 13.1. The predicted molar refractivity (Wildman–Crippen MR) is 177 cm³/mol. The highest BCUT2D eigenvalue weighted by atomic mass is 35.5. The Balaban J connectivity index is 1.29. The van der Waals surface area contributed by atoms with E-state index in [-0.39, 0.29) is 27.8 Å². The summed E-state index contributed by atoms with van der Waals surface area (Å²) < 4.78 is 7.69. The van der Waals surface area contributed by atoms with E-state index in [1.54, 1.807) is 46.9 Å². The number of anilines is 2. The first-order valence-corrected chi connectivity index (χ1v) is 16.2. The van der Waals surface area contributed by atoms with Gasteiger partial charge in [0.2, 0.25) is 5.91 Å². The third-order valence-electron chi connectivity index (χ3n) is 7.14. The molecule has 0 atom stereocenters. The number of carbonyl (C=O) groups excluding carboxylic acids is 2. The third kappa shape index (κ3) is 7.49. The minimum absolute atomic E-state index is 0.0492. The molecule has 230 valence electrons. The molecule has 1 saturated heterocycles. The summed E-state index contributed by atoms with van der Waals surface area (Å²) in [5.74, 6) is 1.32. The van der Waals surface area contributed by atoms with Crippen LogP contribution in [-0.4, -0.2) is 50.9 Å². The van der Waals surface area contributed by atoms with Crippen LogP contribution >= 0.6 is 35.0 Å². The van der Waals surface area contributed by atoms with Crippen molar-refractivity contribution in [1.29, 1.82) is 0 Å². The van der Waals surface area contributed by atoms with Crippen LogP contribution in [0, 0.1) is 0 Å². The molecule has 0 unspecified atom stereocenters. The molecule has 2 aromatic carbocycles. The van der Waals surface area contributed by atoms with Crippen LogP contribution < -0.4 is 15.4 Å². The molecule has 12 heteroatoms. The summed E-state index contributed by atoms with van der Waals surface area (Å²) in [5, 5.41) is 10.7. The zero-order valence-corrected chi connectivity index (χ0v) is 27.3. The molecule has 0 radical (unpaired) electrons. The van der Waals surface area contributed by atoms with Gasteiger partial charge in [0.25, 0.3) is 0 Å². The Kier molecular flexibility index (Phi) is 9.72. The molecule has 0 spiro atoms. The molecule has 9 nitrogen and oxygen atoms in total. The summed E-state index contributed by atoms with van der Waals surface area (Å²) in [6, 6.07) is 15.9.